The van der Waals surface area contributed by atoms with Crippen molar-refractivity contribution in [3.8, 4) is 23.1 Å². The van der Waals surface area contributed by atoms with E-state index in [2.05, 4.69) is 31.0 Å². The Bertz CT molecular complexity index is 1750. The Morgan fingerprint density at radius 3 is 2.68 bits per heavy atom. The van der Waals surface area contributed by atoms with E-state index in [0.717, 1.165) is 10.9 Å². The summed E-state index contributed by atoms with van der Waals surface area (Å²) in [5.41, 5.74) is -1.44. The van der Waals surface area contributed by atoms with Gasteiger partial charge < -0.3 is 25.6 Å². The van der Waals surface area contributed by atoms with E-state index in [0.29, 0.717) is 13.1 Å². The number of anilines is 2. The van der Waals surface area contributed by atoms with Crippen LogP contribution in [0.3, 0.4) is 0 Å². The van der Waals surface area contributed by atoms with E-state index >= 15 is 0 Å². The number of halogens is 4. The molecule has 3 N–H and O–H groups in total. The van der Waals surface area contributed by atoms with Gasteiger partial charge in [0.2, 0.25) is 5.91 Å². The number of rotatable bonds is 12. The highest BCUT2D eigenvalue weighted by atomic mass is 35.5. The predicted octanol–water partition coefficient (Wildman–Crippen LogP) is 2.47. The molecule has 44 heavy (non-hydrogen) atoms. The molecule has 0 unspecified atom stereocenters. The number of nitrogens with zero attached hydrogens (tertiary/aromatic N) is 7. The van der Waals surface area contributed by atoms with Gasteiger partial charge in [0.1, 0.15) is 6.54 Å². The van der Waals surface area contributed by atoms with Crippen LogP contribution in [0.2, 0.25) is 5.02 Å². The summed E-state index contributed by atoms with van der Waals surface area (Å²) in [5, 5.41) is 20.1. The van der Waals surface area contributed by atoms with Gasteiger partial charge in [-0.3, -0.25) is 23.5 Å². The highest BCUT2D eigenvalue weighted by Crippen LogP contribution is 2.39. The number of carbonyl (C=O) groups excluding carboxylic acids is 3. The Morgan fingerprint density at radius 1 is 1.23 bits per heavy atom. The zero-order valence-corrected chi connectivity index (χ0v) is 23.9. The highest BCUT2D eigenvalue weighted by Gasteiger charge is 2.38. The lowest BCUT2D eigenvalue weighted by Crippen LogP contribution is -2.39. The predicted molar refractivity (Wildman–Crippen MR) is 150 cm³/mol. The molecule has 4 rings (SSSR count). The number of fused-ring (bicyclic) bond motifs is 1. The summed E-state index contributed by atoms with van der Waals surface area (Å²) in [6.07, 6.45) is 0.141. The maximum absolute atomic E-state index is 13.8. The minimum atomic E-state index is -4.81. The lowest BCUT2D eigenvalue weighted by atomic mass is 10.1. The molecule has 0 atom stereocenters. The fourth-order valence-corrected chi connectivity index (χ4v) is 4.33. The molecule has 4 aromatic rings. The topological polar surface area (TPSA) is 172 Å². The first-order valence-corrected chi connectivity index (χ1v) is 13.1. The van der Waals surface area contributed by atoms with Crippen molar-refractivity contribution in [3.63, 3.8) is 0 Å². The number of hydrogen-bond acceptors (Lipinski definition) is 10. The molecule has 0 radical (unpaired) electrons. The SMILES string of the molecule is CN(C)CCNC(=O)CNC(=O)c1ccc(Nc2nccn3c(-c4cn(CC#N)nc4C(F)(F)F)cnc23)c(OC=O)c1Cl. The molecule has 1 aromatic carbocycles. The van der Waals surface area contributed by atoms with E-state index in [1.807, 2.05) is 19.0 Å². The summed E-state index contributed by atoms with van der Waals surface area (Å²) in [6, 6.07) is 4.43. The van der Waals surface area contributed by atoms with Crippen molar-refractivity contribution >= 4 is 47.0 Å². The molecular formula is C26H24ClF3N10O4. The second-order valence-electron chi connectivity index (χ2n) is 9.34. The third kappa shape index (κ3) is 7.04. The van der Waals surface area contributed by atoms with Crippen LogP contribution >= 0.6 is 11.6 Å². The van der Waals surface area contributed by atoms with Gasteiger partial charge in [-0.15, -0.1) is 0 Å². The van der Waals surface area contributed by atoms with Crippen molar-refractivity contribution in [1.82, 2.24) is 39.7 Å². The molecular weight excluding hydrogens is 609 g/mol. The van der Waals surface area contributed by atoms with Crippen LogP contribution in [0.5, 0.6) is 5.75 Å². The van der Waals surface area contributed by atoms with E-state index in [9.17, 15) is 27.6 Å². The Hall–Kier alpha value is -5.21. The second kappa shape index (κ2) is 13.4. The molecule has 3 heterocycles. The number of likely N-dealkylation sites (N-methyl/N-ethyl adjacent to an activating group) is 1. The quantitative estimate of drug-likeness (QED) is 0.197. The molecule has 230 valence electrons. The standard InChI is InChI=1S/C26H24ClF3N10O4/c1-38(2)9-6-32-19(42)12-35-25(43)15-3-4-17(21(20(15)27)44-14-41)36-23-24-34-11-18(40(24)10-7-33-23)16-13-39(8-5-31)37-22(16)26(28,29)30/h3-4,7,10-11,13-14H,6,8-9,12H2,1-2H3,(H,32,42)(H,33,36)(H,35,43). The number of ether oxygens (including phenoxy) is 1. The maximum Gasteiger partial charge on any atom is 0.435 e. The van der Waals surface area contributed by atoms with Crippen LogP contribution in [-0.2, 0) is 22.3 Å². The van der Waals surface area contributed by atoms with Crippen molar-refractivity contribution in [2.45, 2.75) is 12.7 Å². The van der Waals surface area contributed by atoms with Crippen molar-refractivity contribution in [2.75, 3.05) is 39.0 Å². The summed E-state index contributed by atoms with van der Waals surface area (Å²) in [7, 11) is 3.69. The van der Waals surface area contributed by atoms with E-state index in [-0.39, 0.29) is 57.8 Å². The van der Waals surface area contributed by atoms with Crippen molar-refractivity contribution in [2.24, 2.45) is 0 Å². The average molecular weight is 633 g/mol. The van der Waals surface area contributed by atoms with Gasteiger partial charge in [-0.2, -0.15) is 23.5 Å². The van der Waals surface area contributed by atoms with E-state index < -0.39 is 30.2 Å². The summed E-state index contributed by atoms with van der Waals surface area (Å²) in [5.74, 6) is -1.35. The number of imidazole rings is 1. The first-order chi connectivity index (χ1) is 20.9. The van der Waals surface area contributed by atoms with Crippen LogP contribution in [0.25, 0.3) is 16.9 Å². The maximum atomic E-state index is 13.8. The summed E-state index contributed by atoms with van der Waals surface area (Å²) in [6.45, 7) is 0.355. The number of nitrogens with one attached hydrogen (secondary N) is 3. The summed E-state index contributed by atoms with van der Waals surface area (Å²) < 4.78 is 48.5. The fraction of sp³-hybridized carbons (Fsp3) is 0.269. The molecule has 0 saturated carbocycles. The highest BCUT2D eigenvalue weighted by molar-refractivity contribution is 6.36. The molecule has 0 aliphatic carbocycles. The largest absolute Gasteiger partial charge is 0.435 e. The van der Waals surface area contributed by atoms with Crippen molar-refractivity contribution < 1.29 is 32.3 Å². The molecule has 18 heteroatoms. The van der Waals surface area contributed by atoms with Gasteiger partial charge in [-0.05, 0) is 26.2 Å². The van der Waals surface area contributed by atoms with E-state index in [1.54, 1.807) is 6.07 Å². The average Bonchev–Trinajstić information content (AvgIpc) is 3.59. The molecule has 0 aliphatic heterocycles. The van der Waals surface area contributed by atoms with Gasteiger partial charge >= 0.3 is 6.18 Å². The van der Waals surface area contributed by atoms with Gasteiger partial charge in [0.15, 0.2) is 22.9 Å². The molecule has 2 amide bonds. The molecule has 0 saturated heterocycles. The zero-order valence-electron chi connectivity index (χ0n) is 23.1. The van der Waals surface area contributed by atoms with Crippen LogP contribution in [0.15, 0.2) is 36.9 Å². The number of benzene rings is 1. The number of nitriles is 1. The summed E-state index contributed by atoms with van der Waals surface area (Å²) >= 11 is 6.41. The van der Waals surface area contributed by atoms with Crippen molar-refractivity contribution in [3.05, 3.63) is 53.2 Å². The first kappa shape index (κ1) is 31.7. The molecule has 14 nitrogen and oxygen atoms in total. The first-order valence-electron chi connectivity index (χ1n) is 12.7. The Balaban J connectivity index is 1.62. The monoisotopic (exact) mass is 632 g/mol. The van der Waals surface area contributed by atoms with Crippen molar-refractivity contribution in [1.29, 1.82) is 5.26 Å². The van der Waals surface area contributed by atoms with Crippen LogP contribution < -0.4 is 20.7 Å². The molecule has 0 fully saturated rings. The van der Waals surface area contributed by atoms with E-state index in [4.69, 9.17) is 21.6 Å². The summed E-state index contributed by atoms with van der Waals surface area (Å²) in [4.78, 5) is 46.3. The van der Waals surface area contributed by atoms with Gasteiger partial charge in [0.05, 0.1) is 46.3 Å². The molecule has 3 aromatic heterocycles. The van der Waals surface area contributed by atoms with Crippen LogP contribution in [0.1, 0.15) is 16.1 Å². The third-order valence-electron chi connectivity index (χ3n) is 6.02. The smallest absolute Gasteiger partial charge is 0.425 e. The number of alkyl halides is 3. The van der Waals surface area contributed by atoms with Crippen LogP contribution in [0.4, 0.5) is 24.7 Å². The normalized spacial score (nSPS) is 11.3. The van der Waals surface area contributed by atoms with E-state index in [1.165, 1.54) is 35.1 Å². The number of carbonyl (C=O) groups is 3. The Kier molecular flexibility index (Phi) is 9.66. The minimum Gasteiger partial charge on any atom is -0.425 e. The number of aromatic nitrogens is 5. The van der Waals surface area contributed by atoms with Gasteiger partial charge in [0.25, 0.3) is 12.4 Å². The lowest BCUT2D eigenvalue weighted by molar-refractivity contribution is -0.141. The zero-order chi connectivity index (χ0) is 32.0. The molecule has 0 bridgehead atoms. The van der Waals surface area contributed by atoms with Gasteiger partial charge in [-0.25, -0.2) is 9.97 Å². The molecule has 0 spiro atoms. The van der Waals surface area contributed by atoms with Crippen LogP contribution in [0, 0.1) is 11.3 Å². The third-order valence-corrected chi connectivity index (χ3v) is 6.39. The van der Waals surface area contributed by atoms with Crippen LogP contribution in [-0.4, -0.2) is 81.1 Å². The van der Waals surface area contributed by atoms with Gasteiger partial charge in [-0.1, -0.05) is 11.6 Å². The lowest BCUT2D eigenvalue weighted by Gasteiger charge is -2.15. The van der Waals surface area contributed by atoms with Gasteiger partial charge in [0, 0.05) is 31.7 Å². The Labute approximate surface area is 252 Å². The minimum absolute atomic E-state index is 0.0159. The Morgan fingerprint density at radius 2 is 2.00 bits per heavy atom. The number of amides is 2. The second-order valence-corrected chi connectivity index (χ2v) is 9.71. The number of hydrogen-bond donors (Lipinski definition) is 3. The fourth-order valence-electron chi connectivity index (χ4n) is 4.04. The molecule has 0 aliphatic rings.